The molecule has 0 atom stereocenters. The molecule has 0 aromatic heterocycles. The van der Waals surface area contributed by atoms with E-state index >= 15 is 0 Å². The maximum absolute atomic E-state index is 10.5. The summed E-state index contributed by atoms with van der Waals surface area (Å²) in [5.74, 6) is 1.83. The van der Waals surface area contributed by atoms with Crippen molar-refractivity contribution in [3.8, 4) is 18.2 Å². The van der Waals surface area contributed by atoms with Gasteiger partial charge in [-0.3, -0.25) is 10.1 Å². The van der Waals surface area contributed by atoms with Crippen LogP contribution in [0.15, 0.2) is 42.0 Å². The number of hydrogen-bond acceptors (Lipinski definition) is 5. The van der Waals surface area contributed by atoms with Gasteiger partial charge >= 0.3 is 17.1 Å². The van der Waals surface area contributed by atoms with Gasteiger partial charge in [-0.05, 0) is 75.1 Å². The number of non-ortho nitro benzene ring substituents is 1. The van der Waals surface area contributed by atoms with Crippen LogP contribution >= 0.6 is 0 Å². The van der Waals surface area contributed by atoms with Crippen molar-refractivity contribution in [3.05, 3.63) is 121 Å². The Morgan fingerprint density at radius 3 is 1.67 bits per heavy atom. The second-order valence-corrected chi connectivity index (χ2v) is 5.69. The molecular formula is C23H14FeN4O2+2. The number of benzene rings is 1. The molecule has 0 unspecified atom stereocenters. The van der Waals surface area contributed by atoms with E-state index in [0.717, 1.165) is 11.8 Å². The molecule has 2 saturated carbocycles. The summed E-state index contributed by atoms with van der Waals surface area (Å²) in [4.78, 5) is 10.1. The van der Waals surface area contributed by atoms with E-state index in [1.807, 2.05) is 51.4 Å². The summed E-state index contributed by atoms with van der Waals surface area (Å²) in [6, 6.07) is 11.6. The van der Waals surface area contributed by atoms with Gasteiger partial charge in [-0.15, -0.1) is 0 Å². The van der Waals surface area contributed by atoms with E-state index in [1.165, 1.54) is 12.1 Å². The third-order valence-corrected chi connectivity index (χ3v) is 3.75. The molecule has 1 aromatic rings. The zero-order valence-electron chi connectivity index (χ0n) is 15.5. The molecule has 144 valence electrons. The van der Waals surface area contributed by atoms with Gasteiger partial charge in [0.05, 0.1) is 16.6 Å². The SMILES string of the molecule is N#C/C(=C\[C]1[CH][CH][CH][CH]1)c1ccc([N+](=O)[O-])cc1.N#CC(C#N)=C[C]1[CH][CH][CH][CH]1.[Fe+2]. The van der Waals surface area contributed by atoms with Crippen molar-refractivity contribution in [1.29, 1.82) is 15.8 Å². The summed E-state index contributed by atoms with van der Waals surface area (Å²) in [7, 11) is 0. The number of rotatable bonds is 4. The average Bonchev–Trinajstić information content (AvgIpc) is 3.45. The average molecular weight is 434 g/mol. The minimum atomic E-state index is -0.462. The molecule has 2 fully saturated rings. The zero-order chi connectivity index (χ0) is 21.1. The molecule has 7 heteroatoms. The predicted octanol–water partition coefficient (Wildman–Crippen LogP) is 4.27. The Morgan fingerprint density at radius 2 is 1.27 bits per heavy atom. The third-order valence-electron chi connectivity index (χ3n) is 3.75. The van der Waals surface area contributed by atoms with Gasteiger partial charge in [0.25, 0.3) is 5.69 Å². The second kappa shape index (κ2) is 13.3. The largest absolute Gasteiger partial charge is 2.00 e. The van der Waals surface area contributed by atoms with Gasteiger partial charge in [-0.2, -0.15) is 15.8 Å². The topological polar surface area (TPSA) is 115 Å². The first-order valence-corrected chi connectivity index (χ1v) is 8.39. The molecule has 2 aliphatic rings. The summed E-state index contributed by atoms with van der Waals surface area (Å²) in [5, 5.41) is 36.4. The van der Waals surface area contributed by atoms with Crippen LogP contribution < -0.4 is 0 Å². The standard InChI is InChI=1S/C14H9N2O2.C9H5N2.Fe/c15-10-13(9-11-3-1-2-4-11)12-5-7-14(8-6-12)16(17)18;10-6-9(7-11)5-8-3-1-2-4-8;/h1-9H;1-5H;/q;;+2/b13-9+;;. The first-order chi connectivity index (χ1) is 14.1. The van der Waals surface area contributed by atoms with Gasteiger partial charge in [-0.1, -0.05) is 6.08 Å². The summed E-state index contributed by atoms with van der Waals surface area (Å²) >= 11 is 0. The molecule has 0 saturated heterocycles. The van der Waals surface area contributed by atoms with Gasteiger partial charge in [-0.25, -0.2) is 0 Å². The van der Waals surface area contributed by atoms with Gasteiger partial charge in [0.1, 0.15) is 17.7 Å². The number of nitriles is 3. The maximum Gasteiger partial charge on any atom is 2.00 e. The Bertz CT molecular complexity index is 873. The van der Waals surface area contributed by atoms with E-state index in [9.17, 15) is 10.1 Å². The molecule has 6 nitrogen and oxygen atoms in total. The minimum Gasteiger partial charge on any atom is -0.258 e. The molecule has 0 bridgehead atoms. The number of allylic oxidation sites excluding steroid dienone is 4. The Labute approximate surface area is 188 Å². The Kier molecular flexibility index (Phi) is 11.2. The van der Waals surface area contributed by atoms with E-state index in [1.54, 1.807) is 36.4 Å². The smallest absolute Gasteiger partial charge is 0.258 e. The van der Waals surface area contributed by atoms with Crippen molar-refractivity contribution in [2.75, 3.05) is 0 Å². The van der Waals surface area contributed by atoms with Crippen LogP contribution in [0, 0.1) is 107 Å². The molecule has 10 radical (unpaired) electrons. The summed E-state index contributed by atoms with van der Waals surface area (Å²) in [6.07, 6.45) is 18.3. The second-order valence-electron chi connectivity index (χ2n) is 5.69. The summed E-state index contributed by atoms with van der Waals surface area (Å²) < 4.78 is 0. The van der Waals surface area contributed by atoms with Crippen LogP contribution in [0.5, 0.6) is 0 Å². The predicted molar refractivity (Wildman–Crippen MR) is 107 cm³/mol. The number of nitro groups is 1. The molecular weight excluding hydrogens is 420 g/mol. The minimum absolute atomic E-state index is 0. The summed E-state index contributed by atoms with van der Waals surface area (Å²) in [5.41, 5.74) is 1.31. The van der Waals surface area contributed by atoms with E-state index in [2.05, 4.69) is 6.07 Å². The number of nitro benzene ring substituents is 1. The fourth-order valence-electron chi connectivity index (χ4n) is 2.34. The van der Waals surface area contributed by atoms with E-state index in [4.69, 9.17) is 15.8 Å². The molecule has 0 aliphatic heterocycles. The van der Waals surface area contributed by atoms with Crippen molar-refractivity contribution < 1.29 is 22.0 Å². The fraction of sp³-hybridized carbons (Fsp3) is 0. The molecule has 2 aliphatic carbocycles. The first kappa shape index (κ1) is 25.1. The molecule has 0 amide bonds. The Balaban J connectivity index is 0.000000324. The van der Waals surface area contributed by atoms with Gasteiger partial charge in [0, 0.05) is 24.0 Å². The van der Waals surface area contributed by atoms with Gasteiger partial charge < -0.3 is 0 Å². The van der Waals surface area contributed by atoms with Crippen molar-refractivity contribution in [2.24, 2.45) is 0 Å². The molecule has 30 heavy (non-hydrogen) atoms. The normalized spacial score (nSPS) is 16.1. The van der Waals surface area contributed by atoms with Gasteiger partial charge in [0.2, 0.25) is 0 Å². The van der Waals surface area contributed by atoms with E-state index in [0.29, 0.717) is 11.1 Å². The van der Waals surface area contributed by atoms with Crippen molar-refractivity contribution >= 4 is 11.3 Å². The zero-order valence-corrected chi connectivity index (χ0v) is 16.6. The van der Waals surface area contributed by atoms with Crippen LogP contribution in [0.3, 0.4) is 0 Å². The van der Waals surface area contributed by atoms with E-state index < -0.39 is 4.92 Å². The molecule has 0 spiro atoms. The molecule has 1 aromatic carbocycles. The van der Waals surface area contributed by atoms with Crippen LogP contribution in [0.2, 0.25) is 0 Å². The number of nitrogens with zero attached hydrogens (tertiary/aromatic N) is 4. The van der Waals surface area contributed by atoms with Crippen LogP contribution in [0.1, 0.15) is 5.56 Å². The van der Waals surface area contributed by atoms with Crippen LogP contribution in [-0.4, -0.2) is 4.92 Å². The van der Waals surface area contributed by atoms with Crippen LogP contribution in [-0.2, 0) is 17.1 Å². The van der Waals surface area contributed by atoms with Crippen LogP contribution in [0.4, 0.5) is 5.69 Å². The molecule has 0 N–H and O–H groups in total. The first-order valence-electron chi connectivity index (χ1n) is 8.39. The van der Waals surface area contributed by atoms with Gasteiger partial charge in [0.15, 0.2) is 0 Å². The third kappa shape index (κ3) is 7.84. The maximum atomic E-state index is 10.5. The summed E-state index contributed by atoms with van der Waals surface area (Å²) in [6.45, 7) is 0. The fourth-order valence-corrected chi connectivity index (χ4v) is 2.34. The molecule has 3 rings (SSSR count). The Hall–Kier alpha value is -2.91. The monoisotopic (exact) mass is 434 g/mol. The number of hydrogen-bond donors (Lipinski definition) is 0. The Morgan fingerprint density at radius 1 is 0.800 bits per heavy atom. The van der Waals surface area contributed by atoms with Crippen molar-refractivity contribution in [1.82, 2.24) is 0 Å². The van der Waals surface area contributed by atoms with E-state index in [-0.39, 0.29) is 28.3 Å². The van der Waals surface area contributed by atoms with Crippen molar-refractivity contribution in [2.45, 2.75) is 0 Å². The van der Waals surface area contributed by atoms with Crippen molar-refractivity contribution in [3.63, 3.8) is 0 Å². The quantitative estimate of drug-likeness (QED) is 0.304. The molecule has 0 heterocycles. The van der Waals surface area contributed by atoms with Crippen LogP contribution in [0.25, 0.3) is 5.57 Å².